The molecule has 0 saturated carbocycles. The van der Waals surface area contributed by atoms with Crippen LogP contribution in [0.15, 0.2) is 53.6 Å². The molecule has 0 aromatic heterocycles. The molecule has 5 heteroatoms. The summed E-state index contributed by atoms with van der Waals surface area (Å²) >= 11 is 6.22. The molecule has 0 atom stereocenters. The fourth-order valence-corrected chi connectivity index (χ4v) is 2.94. The van der Waals surface area contributed by atoms with Crippen molar-refractivity contribution in [3.05, 3.63) is 70.5 Å². The molecule has 0 spiro atoms. The van der Waals surface area contributed by atoms with Crippen molar-refractivity contribution in [3.63, 3.8) is 0 Å². The zero-order valence-corrected chi connectivity index (χ0v) is 13.6. The van der Waals surface area contributed by atoms with Gasteiger partial charge in [-0.05, 0) is 12.1 Å². The highest BCUT2D eigenvalue weighted by molar-refractivity contribution is 6.31. The zero-order chi connectivity index (χ0) is 16.1. The maximum Gasteiger partial charge on any atom is 0.132 e. The average Bonchev–Trinajstić information content (AvgIpc) is 2.57. The van der Waals surface area contributed by atoms with Gasteiger partial charge in [-0.3, -0.25) is 5.01 Å². The highest BCUT2D eigenvalue weighted by Crippen LogP contribution is 2.13. The number of piperazine rings is 1. The number of nitrogens with one attached hydrogen (secondary N) is 1. The Kier molecular flexibility index (Phi) is 5.26. The van der Waals surface area contributed by atoms with Crippen molar-refractivity contribution in [2.24, 2.45) is 5.10 Å². The number of nitrogens with zero attached hydrogens (tertiary/aromatic N) is 2. The molecular weight excluding hydrogens is 313 g/mol. The van der Waals surface area contributed by atoms with Gasteiger partial charge in [0.1, 0.15) is 12.4 Å². The molecule has 1 aliphatic rings. The smallest absolute Gasteiger partial charge is 0.132 e. The quantitative estimate of drug-likeness (QED) is 0.851. The molecule has 120 valence electrons. The van der Waals surface area contributed by atoms with Crippen LogP contribution in [0, 0.1) is 5.82 Å². The summed E-state index contributed by atoms with van der Waals surface area (Å²) in [5, 5.41) is 7.24. The minimum Gasteiger partial charge on any atom is -0.328 e. The van der Waals surface area contributed by atoms with E-state index in [-0.39, 0.29) is 5.82 Å². The van der Waals surface area contributed by atoms with Crippen molar-refractivity contribution in [3.8, 4) is 0 Å². The van der Waals surface area contributed by atoms with Gasteiger partial charge in [-0.2, -0.15) is 5.10 Å². The maximum atomic E-state index is 13.6. The van der Waals surface area contributed by atoms with Crippen molar-refractivity contribution in [1.29, 1.82) is 0 Å². The van der Waals surface area contributed by atoms with Gasteiger partial charge in [0, 0.05) is 16.1 Å². The van der Waals surface area contributed by atoms with E-state index in [9.17, 15) is 4.39 Å². The van der Waals surface area contributed by atoms with E-state index in [1.54, 1.807) is 18.3 Å². The van der Waals surface area contributed by atoms with Crippen LogP contribution in [0.3, 0.4) is 0 Å². The molecule has 0 amide bonds. The Hall–Kier alpha value is -1.91. The number of hydrazone groups is 1. The van der Waals surface area contributed by atoms with Crippen molar-refractivity contribution in [2.75, 3.05) is 26.2 Å². The van der Waals surface area contributed by atoms with Crippen molar-refractivity contribution in [2.45, 2.75) is 6.54 Å². The van der Waals surface area contributed by atoms with Gasteiger partial charge in [0.25, 0.3) is 0 Å². The molecule has 0 radical (unpaired) electrons. The van der Waals surface area contributed by atoms with Crippen LogP contribution in [-0.4, -0.2) is 37.4 Å². The van der Waals surface area contributed by atoms with Gasteiger partial charge < -0.3 is 4.90 Å². The van der Waals surface area contributed by atoms with Crippen molar-refractivity contribution in [1.82, 2.24) is 5.01 Å². The fraction of sp³-hybridized carbons (Fsp3) is 0.278. The van der Waals surface area contributed by atoms with Crippen LogP contribution in [0.1, 0.15) is 11.1 Å². The third-order valence-electron chi connectivity index (χ3n) is 4.11. The highest BCUT2D eigenvalue weighted by atomic mass is 35.5. The number of benzene rings is 2. The van der Waals surface area contributed by atoms with E-state index in [0.717, 1.165) is 37.7 Å². The summed E-state index contributed by atoms with van der Waals surface area (Å²) in [6, 6.07) is 14.7. The first kappa shape index (κ1) is 16.0. The van der Waals surface area contributed by atoms with E-state index in [4.69, 9.17) is 11.6 Å². The number of halogens is 2. The zero-order valence-electron chi connectivity index (χ0n) is 12.9. The summed E-state index contributed by atoms with van der Waals surface area (Å²) in [5.74, 6) is -0.237. The average molecular weight is 333 g/mol. The van der Waals surface area contributed by atoms with E-state index < -0.39 is 0 Å². The molecule has 0 bridgehead atoms. The molecule has 1 fully saturated rings. The summed E-state index contributed by atoms with van der Waals surface area (Å²) < 4.78 is 13.6. The lowest BCUT2D eigenvalue weighted by molar-refractivity contribution is -0.918. The Bertz CT molecular complexity index is 681. The van der Waals surface area contributed by atoms with Gasteiger partial charge in [0.2, 0.25) is 0 Å². The number of quaternary nitrogens is 1. The molecule has 0 unspecified atom stereocenters. The van der Waals surface area contributed by atoms with E-state index >= 15 is 0 Å². The van der Waals surface area contributed by atoms with Crippen molar-refractivity contribution < 1.29 is 9.29 Å². The number of hydrogen-bond donors (Lipinski definition) is 1. The number of hydrogen-bond acceptors (Lipinski definition) is 2. The van der Waals surface area contributed by atoms with Crippen molar-refractivity contribution >= 4 is 17.8 Å². The molecule has 2 aromatic carbocycles. The third-order valence-corrected chi connectivity index (χ3v) is 4.48. The van der Waals surface area contributed by atoms with Crippen LogP contribution < -0.4 is 4.90 Å². The van der Waals surface area contributed by atoms with E-state index in [1.165, 1.54) is 16.5 Å². The van der Waals surface area contributed by atoms with Crippen LogP contribution in [0.25, 0.3) is 0 Å². The lowest BCUT2D eigenvalue weighted by Crippen LogP contribution is -3.13. The molecular formula is C18H20ClFN3+. The third kappa shape index (κ3) is 4.30. The van der Waals surface area contributed by atoms with E-state index in [0.29, 0.717) is 5.56 Å². The Morgan fingerprint density at radius 2 is 1.78 bits per heavy atom. The lowest BCUT2D eigenvalue weighted by atomic mass is 10.2. The predicted octanol–water partition coefficient (Wildman–Crippen LogP) is 2.21. The second-order valence-electron chi connectivity index (χ2n) is 5.74. The van der Waals surface area contributed by atoms with Gasteiger partial charge in [0.15, 0.2) is 0 Å². The Labute approximate surface area is 141 Å². The summed E-state index contributed by atoms with van der Waals surface area (Å²) in [6.45, 7) is 4.67. The molecule has 1 heterocycles. The standard InChI is InChI=1S/C18H19ClFN3/c19-17-7-3-1-6-16(17)14-22-9-11-23(12-10-22)21-13-15-5-2-4-8-18(15)20/h1-8,13H,9-12,14H2/p+1/b21-13+. The van der Waals surface area contributed by atoms with Crippen LogP contribution in [0.4, 0.5) is 4.39 Å². The second kappa shape index (κ2) is 7.57. The largest absolute Gasteiger partial charge is 0.328 e. The van der Waals surface area contributed by atoms with Crippen LogP contribution >= 0.6 is 11.6 Å². The lowest BCUT2D eigenvalue weighted by Gasteiger charge is -2.30. The fourth-order valence-electron chi connectivity index (χ4n) is 2.74. The minimum absolute atomic E-state index is 0.237. The predicted molar refractivity (Wildman–Crippen MR) is 91.4 cm³/mol. The van der Waals surface area contributed by atoms with Crippen LogP contribution in [0.5, 0.6) is 0 Å². The monoisotopic (exact) mass is 332 g/mol. The van der Waals surface area contributed by atoms with Gasteiger partial charge in [0.05, 0.1) is 32.4 Å². The molecule has 1 N–H and O–H groups in total. The SMILES string of the molecule is Fc1ccccc1/C=N/N1CC[NH+](Cc2ccccc2Cl)CC1. The normalized spacial score (nSPS) is 16.2. The Morgan fingerprint density at radius 3 is 2.52 bits per heavy atom. The molecule has 23 heavy (non-hydrogen) atoms. The first-order valence-corrected chi connectivity index (χ1v) is 8.20. The van der Waals surface area contributed by atoms with Crippen LogP contribution in [0.2, 0.25) is 5.02 Å². The maximum absolute atomic E-state index is 13.6. The van der Waals surface area contributed by atoms with Crippen LogP contribution in [-0.2, 0) is 6.54 Å². The summed E-state index contributed by atoms with van der Waals surface area (Å²) in [4.78, 5) is 1.50. The van der Waals surface area contributed by atoms with Gasteiger partial charge in [-0.25, -0.2) is 4.39 Å². The first-order chi connectivity index (χ1) is 11.2. The Morgan fingerprint density at radius 1 is 1.09 bits per heavy atom. The Balaban J connectivity index is 1.53. The summed E-state index contributed by atoms with van der Waals surface area (Å²) in [5.41, 5.74) is 1.71. The molecule has 2 aromatic rings. The molecule has 1 saturated heterocycles. The van der Waals surface area contributed by atoms with Gasteiger partial charge in [-0.15, -0.1) is 0 Å². The van der Waals surface area contributed by atoms with Gasteiger partial charge in [-0.1, -0.05) is 48.0 Å². The topological polar surface area (TPSA) is 20.0 Å². The molecule has 3 rings (SSSR count). The van der Waals surface area contributed by atoms with E-state index in [1.807, 2.05) is 29.3 Å². The minimum atomic E-state index is -0.237. The first-order valence-electron chi connectivity index (χ1n) is 7.83. The van der Waals surface area contributed by atoms with E-state index in [2.05, 4.69) is 11.2 Å². The molecule has 1 aliphatic heterocycles. The van der Waals surface area contributed by atoms with Gasteiger partial charge >= 0.3 is 0 Å². The summed E-state index contributed by atoms with van der Waals surface area (Å²) in [6.07, 6.45) is 1.61. The molecule has 0 aliphatic carbocycles. The second-order valence-corrected chi connectivity index (χ2v) is 6.15. The highest BCUT2D eigenvalue weighted by Gasteiger charge is 2.19. The number of rotatable bonds is 4. The molecule has 3 nitrogen and oxygen atoms in total. The summed E-state index contributed by atoms with van der Waals surface area (Å²) in [7, 11) is 0.